The summed E-state index contributed by atoms with van der Waals surface area (Å²) in [5, 5.41) is 4.99. The molecular formula is C14H17Cl2N3. The zero-order valence-electron chi connectivity index (χ0n) is 11.5. The number of nitrogens with zero attached hydrogens (tertiary/aromatic N) is 3. The predicted molar refractivity (Wildman–Crippen MR) is 79.4 cm³/mol. The Morgan fingerprint density at radius 1 is 1.26 bits per heavy atom. The van der Waals surface area contributed by atoms with Crippen LogP contribution in [0.1, 0.15) is 37.7 Å². The Labute approximate surface area is 123 Å². The quantitative estimate of drug-likeness (QED) is 0.775. The first kappa shape index (κ1) is 14.4. The van der Waals surface area contributed by atoms with Crippen LogP contribution in [0.25, 0.3) is 5.82 Å². The molecule has 0 amide bonds. The molecule has 102 valence electrons. The number of hydrogen-bond acceptors (Lipinski definition) is 2. The lowest BCUT2D eigenvalue weighted by Crippen LogP contribution is -2.15. The Hall–Kier alpha value is -1.06. The van der Waals surface area contributed by atoms with Gasteiger partial charge in [-0.05, 0) is 24.6 Å². The molecule has 19 heavy (non-hydrogen) atoms. The molecule has 0 spiro atoms. The van der Waals surface area contributed by atoms with Gasteiger partial charge >= 0.3 is 0 Å². The number of pyridine rings is 1. The molecule has 0 radical (unpaired) electrons. The minimum absolute atomic E-state index is 0.0389. The molecule has 0 aromatic carbocycles. The van der Waals surface area contributed by atoms with E-state index in [1.165, 1.54) is 0 Å². The highest BCUT2D eigenvalue weighted by Gasteiger charge is 2.18. The zero-order chi connectivity index (χ0) is 14.2. The minimum atomic E-state index is -0.0389. The molecule has 3 nitrogen and oxygen atoms in total. The Morgan fingerprint density at radius 3 is 2.42 bits per heavy atom. The van der Waals surface area contributed by atoms with Gasteiger partial charge in [0.05, 0.1) is 16.9 Å². The lowest BCUT2D eigenvalue weighted by Gasteiger charge is -2.19. The van der Waals surface area contributed by atoms with Gasteiger partial charge in [-0.3, -0.25) is 0 Å². The van der Waals surface area contributed by atoms with Crippen LogP contribution in [-0.4, -0.2) is 14.8 Å². The third kappa shape index (κ3) is 3.10. The fraction of sp³-hybridized carbons (Fsp3) is 0.429. The summed E-state index contributed by atoms with van der Waals surface area (Å²) in [7, 11) is 0. The van der Waals surface area contributed by atoms with Gasteiger partial charge in [0.1, 0.15) is 0 Å². The third-order valence-electron chi connectivity index (χ3n) is 2.87. The van der Waals surface area contributed by atoms with Gasteiger partial charge in [0, 0.05) is 17.0 Å². The molecule has 2 heterocycles. The minimum Gasteiger partial charge on any atom is -0.233 e. The van der Waals surface area contributed by atoms with Gasteiger partial charge < -0.3 is 0 Å². The van der Waals surface area contributed by atoms with Crippen LogP contribution in [0.2, 0.25) is 5.02 Å². The number of rotatable bonds is 2. The summed E-state index contributed by atoms with van der Waals surface area (Å²) >= 11 is 12.0. The summed E-state index contributed by atoms with van der Waals surface area (Å²) in [4.78, 5) is 4.66. The highest BCUT2D eigenvalue weighted by atomic mass is 35.5. The molecule has 0 aliphatic heterocycles. The van der Waals surface area contributed by atoms with Gasteiger partial charge in [-0.15, -0.1) is 11.6 Å². The van der Waals surface area contributed by atoms with Crippen LogP contribution in [0.4, 0.5) is 0 Å². The topological polar surface area (TPSA) is 30.7 Å². The molecule has 0 aliphatic rings. The summed E-state index contributed by atoms with van der Waals surface area (Å²) in [6.07, 6.45) is 1.77. The van der Waals surface area contributed by atoms with Crippen molar-refractivity contribution in [3.63, 3.8) is 0 Å². The largest absolute Gasteiger partial charge is 0.233 e. The van der Waals surface area contributed by atoms with Crippen molar-refractivity contribution < 1.29 is 0 Å². The number of halogens is 2. The fourth-order valence-electron chi connectivity index (χ4n) is 1.71. The molecule has 2 aromatic heterocycles. The SMILES string of the molecule is Cc1nn(-c2cc(CCl)cc(C(C)(C)C)n2)cc1Cl. The van der Waals surface area contributed by atoms with Crippen LogP contribution in [0.15, 0.2) is 18.3 Å². The summed E-state index contributed by atoms with van der Waals surface area (Å²) in [6, 6.07) is 3.97. The van der Waals surface area contributed by atoms with Gasteiger partial charge in [0.25, 0.3) is 0 Å². The van der Waals surface area contributed by atoms with E-state index >= 15 is 0 Å². The van der Waals surface area contributed by atoms with Crippen LogP contribution in [0.3, 0.4) is 0 Å². The van der Waals surface area contributed by atoms with E-state index in [-0.39, 0.29) is 5.41 Å². The van der Waals surface area contributed by atoms with Gasteiger partial charge in [-0.1, -0.05) is 32.4 Å². The van der Waals surface area contributed by atoms with E-state index in [0.717, 1.165) is 22.8 Å². The summed E-state index contributed by atoms with van der Waals surface area (Å²) in [5.74, 6) is 1.20. The lowest BCUT2D eigenvalue weighted by molar-refractivity contribution is 0.565. The molecule has 0 unspecified atom stereocenters. The van der Waals surface area contributed by atoms with Gasteiger partial charge in [-0.2, -0.15) is 5.10 Å². The van der Waals surface area contributed by atoms with E-state index in [1.807, 2.05) is 19.1 Å². The smallest absolute Gasteiger partial charge is 0.153 e. The van der Waals surface area contributed by atoms with Crippen LogP contribution in [-0.2, 0) is 11.3 Å². The number of aromatic nitrogens is 3. The van der Waals surface area contributed by atoms with Crippen molar-refractivity contribution in [2.75, 3.05) is 0 Å². The first-order chi connectivity index (χ1) is 8.81. The standard InChI is InChI=1S/C14H17Cl2N3/c1-9-11(16)8-19(18-9)13-6-10(7-15)5-12(17-13)14(2,3)4/h5-6,8H,7H2,1-4H3. The second-order valence-corrected chi connectivity index (χ2v) is 6.28. The molecule has 5 heteroatoms. The van der Waals surface area contributed by atoms with Crippen molar-refractivity contribution in [1.29, 1.82) is 0 Å². The molecular weight excluding hydrogens is 281 g/mol. The average molecular weight is 298 g/mol. The van der Waals surface area contributed by atoms with Crippen molar-refractivity contribution in [2.24, 2.45) is 0 Å². The molecule has 0 N–H and O–H groups in total. The Balaban J connectivity index is 2.57. The second kappa shape index (κ2) is 5.14. The zero-order valence-corrected chi connectivity index (χ0v) is 13.0. The van der Waals surface area contributed by atoms with Crippen LogP contribution >= 0.6 is 23.2 Å². The highest BCUT2D eigenvalue weighted by Crippen LogP contribution is 2.24. The number of aryl methyl sites for hydroxylation is 1. The monoisotopic (exact) mass is 297 g/mol. The Bertz CT molecular complexity index is 578. The molecule has 0 saturated heterocycles. The van der Waals surface area contributed by atoms with E-state index < -0.39 is 0 Å². The molecule has 2 aromatic rings. The molecule has 2 rings (SSSR count). The van der Waals surface area contributed by atoms with Crippen molar-refractivity contribution >= 4 is 23.2 Å². The summed E-state index contributed by atoms with van der Waals surface area (Å²) in [6.45, 7) is 8.24. The second-order valence-electron chi connectivity index (χ2n) is 5.61. The summed E-state index contributed by atoms with van der Waals surface area (Å²) < 4.78 is 1.70. The lowest BCUT2D eigenvalue weighted by atomic mass is 9.91. The normalized spacial score (nSPS) is 11.9. The Morgan fingerprint density at radius 2 is 1.95 bits per heavy atom. The maximum Gasteiger partial charge on any atom is 0.153 e. The molecule has 0 atom stereocenters. The maximum atomic E-state index is 6.05. The highest BCUT2D eigenvalue weighted by molar-refractivity contribution is 6.31. The van der Waals surface area contributed by atoms with Crippen molar-refractivity contribution in [2.45, 2.75) is 39.0 Å². The number of alkyl halides is 1. The predicted octanol–water partition coefficient (Wildman–Crippen LogP) is 4.27. The van der Waals surface area contributed by atoms with Crippen molar-refractivity contribution in [1.82, 2.24) is 14.8 Å². The van der Waals surface area contributed by atoms with Crippen molar-refractivity contribution in [3.8, 4) is 5.82 Å². The van der Waals surface area contributed by atoms with E-state index in [9.17, 15) is 0 Å². The van der Waals surface area contributed by atoms with Gasteiger partial charge in [0.2, 0.25) is 0 Å². The van der Waals surface area contributed by atoms with E-state index in [2.05, 4.69) is 30.9 Å². The average Bonchev–Trinajstić information content (AvgIpc) is 2.68. The van der Waals surface area contributed by atoms with Crippen molar-refractivity contribution in [3.05, 3.63) is 40.3 Å². The number of hydrogen-bond donors (Lipinski definition) is 0. The maximum absolute atomic E-state index is 6.05. The first-order valence-electron chi connectivity index (χ1n) is 6.11. The van der Waals surface area contributed by atoms with Gasteiger partial charge in [0.15, 0.2) is 5.82 Å². The third-order valence-corrected chi connectivity index (χ3v) is 3.55. The van der Waals surface area contributed by atoms with Crippen LogP contribution in [0.5, 0.6) is 0 Å². The van der Waals surface area contributed by atoms with Crippen LogP contribution < -0.4 is 0 Å². The van der Waals surface area contributed by atoms with E-state index in [0.29, 0.717) is 10.9 Å². The molecule has 0 saturated carbocycles. The molecule has 0 aliphatic carbocycles. The van der Waals surface area contributed by atoms with E-state index in [1.54, 1.807) is 10.9 Å². The fourth-order valence-corrected chi connectivity index (χ4v) is 1.99. The Kier molecular flexibility index (Phi) is 3.88. The summed E-state index contributed by atoms with van der Waals surface area (Å²) in [5.41, 5.74) is 2.77. The molecule has 0 fully saturated rings. The molecule has 0 bridgehead atoms. The van der Waals surface area contributed by atoms with Crippen LogP contribution in [0, 0.1) is 6.92 Å². The van der Waals surface area contributed by atoms with Gasteiger partial charge in [-0.25, -0.2) is 9.67 Å². The first-order valence-corrected chi connectivity index (χ1v) is 7.02. The van der Waals surface area contributed by atoms with E-state index in [4.69, 9.17) is 23.2 Å².